The summed E-state index contributed by atoms with van der Waals surface area (Å²) in [6.45, 7) is 1.38. The number of carbonyl (C=O) groups is 2. The van der Waals surface area contributed by atoms with Crippen LogP contribution in [-0.4, -0.2) is 71.1 Å². The lowest BCUT2D eigenvalue weighted by Gasteiger charge is -2.24. The average molecular weight is 515 g/mol. The smallest absolute Gasteiger partial charge is 0.196 e. The van der Waals surface area contributed by atoms with Gasteiger partial charge in [-0.25, -0.2) is 4.98 Å². The number of fused-ring (bicyclic) bond motifs is 3. The topological polar surface area (TPSA) is 164 Å². The number of nitrogens with zero attached hydrogens (tertiary/aromatic N) is 3. The maximum Gasteiger partial charge on any atom is 0.196 e. The first-order valence-electron chi connectivity index (χ1n) is 10.9. The van der Waals surface area contributed by atoms with Crippen molar-refractivity contribution in [3.63, 3.8) is 0 Å². The predicted molar refractivity (Wildman–Crippen MR) is 141 cm³/mol. The molecule has 0 fully saturated rings. The Kier molecular flexibility index (Phi) is 7.52. The number of carbonyl (C=O) groups excluding carboxylic acids is 2. The van der Waals surface area contributed by atoms with Gasteiger partial charge < -0.3 is 27.1 Å². The molecule has 0 unspecified atom stereocenters. The molecule has 0 bridgehead atoms. The van der Waals surface area contributed by atoms with Gasteiger partial charge in [0.05, 0.1) is 59.2 Å². The number of anilines is 2. The Morgan fingerprint density at radius 1 is 0.886 bits per heavy atom. The van der Waals surface area contributed by atoms with Crippen LogP contribution in [-0.2, 0) is 0 Å². The molecular formula is C23H24Cl2N8O2. The van der Waals surface area contributed by atoms with Crippen LogP contribution in [0, 0.1) is 0 Å². The van der Waals surface area contributed by atoms with E-state index in [1.165, 1.54) is 6.33 Å². The first-order valence-corrected chi connectivity index (χ1v) is 11.9. The van der Waals surface area contributed by atoms with E-state index < -0.39 is 0 Å². The van der Waals surface area contributed by atoms with Crippen LogP contribution in [0.4, 0.5) is 11.4 Å². The fourth-order valence-electron chi connectivity index (χ4n) is 3.96. The third-order valence-corrected chi connectivity index (χ3v) is 6.03. The van der Waals surface area contributed by atoms with Crippen LogP contribution in [0.1, 0.15) is 31.8 Å². The molecule has 0 radical (unpaired) electrons. The van der Waals surface area contributed by atoms with Gasteiger partial charge in [-0.2, -0.15) is 0 Å². The summed E-state index contributed by atoms with van der Waals surface area (Å²) in [5, 5.41) is 6.49. The molecule has 0 spiro atoms. The van der Waals surface area contributed by atoms with Crippen LogP contribution in [0.2, 0.25) is 0 Å². The molecule has 35 heavy (non-hydrogen) atoms. The molecule has 0 aliphatic heterocycles. The van der Waals surface area contributed by atoms with Crippen molar-refractivity contribution in [1.82, 2.24) is 9.97 Å². The number of hydrogen-bond acceptors (Lipinski definition) is 7. The number of alkyl halides is 2. The molecule has 4 rings (SSSR count). The molecular weight excluding hydrogens is 491 g/mol. The second-order valence-corrected chi connectivity index (χ2v) is 8.23. The number of amidine groups is 2. The minimum absolute atomic E-state index is 0.129. The van der Waals surface area contributed by atoms with Crippen LogP contribution in [0.3, 0.4) is 0 Å². The number of nitrogens with one attached hydrogen (secondary N) is 3. The van der Waals surface area contributed by atoms with Crippen molar-refractivity contribution >= 4 is 68.8 Å². The van der Waals surface area contributed by atoms with Gasteiger partial charge in [-0.1, -0.05) is 24.3 Å². The molecule has 2 aromatic carbocycles. The van der Waals surface area contributed by atoms with Crippen molar-refractivity contribution in [2.45, 2.75) is 0 Å². The van der Waals surface area contributed by atoms with Crippen molar-refractivity contribution < 1.29 is 9.59 Å². The van der Waals surface area contributed by atoms with Crippen molar-refractivity contribution in [3.05, 3.63) is 52.8 Å². The normalized spacial score (nSPS) is 13.7. The maximum absolute atomic E-state index is 13.7. The van der Waals surface area contributed by atoms with Gasteiger partial charge in [0, 0.05) is 24.2 Å². The Labute approximate surface area is 211 Å². The second kappa shape index (κ2) is 10.7. The summed E-state index contributed by atoms with van der Waals surface area (Å²) < 4.78 is 0. The van der Waals surface area contributed by atoms with Gasteiger partial charge in [0.15, 0.2) is 11.6 Å². The molecule has 1 aliphatic carbocycles. The zero-order valence-electron chi connectivity index (χ0n) is 18.7. The summed E-state index contributed by atoms with van der Waals surface area (Å²) in [6.07, 6.45) is 1.52. The Morgan fingerprint density at radius 3 is 1.94 bits per heavy atom. The Bertz CT molecular complexity index is 1250. The van der Waals surface area contributed by atoms with Crippen molar-refractivity contribution in [2.75, 3.05) is 48.6 Å². The molecule has 1 aromatic heterocycles. The third kappa shape index (κ3) is 4.80. The van der Waals surface area contributed by atoms with E-state index in [0.717, 1.165) is 0 Å². The standard InChI is InChI=1S/C23H24Cl2N8O2/c24-9-14(26)28-5-7-30-18-16-17(23(35)13-4-2-1-3-12(13)22(16)34)19(21-20(18)32-11-33-21)31-8-6-29-15(27)10-25/h1-4,11,30-31H,5-10H2,(H2,26,28)(H2,27,29)(H,32,33). The van der Waals surface area contributed by atoms with Crippen LogP contribution in [0.25, 0.3) is 11.0 Å². The SMILES string of the molecule is NC(CCl)=NCCNc1c2c(c(NCCN=C(N)CCl)c3[nH]cnc13)C(=O)c1ccccc1C2=O. The lowest BCUT2D eigenvalue weighted by molar-refractivity contribution is 0.0980. The summed E-state index contributed by atoms with van der Waals surface area (Å²) in [4.78, 5) is 43.2. The number of rotatable bonds is 10. The fourth-order valence-corrected chi connectivity index (χ4v) is 4.13. The number of ketones is 2. The lowest BCUT2D eigenvalue weighted by atomic mass is 9.81. The molecule has 0 saturated heterocycles. The zero-order valence-corrected chi connectivity index (χ0v) is 20.2. The van der Waals surface area contributed by atoms with E-state index in [-0.39, 0.29) is 34.5 Å². The third-order valence-electron chi connectivity index (χ3n) is 5.48. The fraction of sp³-hybridized carbons (Fsp3) is 0.261. The van der Waals surface area contributed by atoms with Gasteiger partial charge in [0.2, 0.25) is 0 Å². The number of halogens is 2. The zero-order chi connectivity index (χ0) is 24.9. The molecule has 1 heterocycles. The first-order chi connectivity index (χ1) is 17.0. The van der Waals surface area contributed by atoms with Gasteiger partial charge in [-0.3, -0.25) is 19.6 Å². The highest BCUT2D eigenvalue weighted by Gasteiger charge is 2.36. The molecule has 182 valence electrons. The van der Waals surface area contributed by atoms with E-state index in [2.05, 4.69) is 30.6 Å². The molecule has 0 atom stereocenters. The van der Waals surface area contributed by atoms with Crippen molar-refractivity contribution in [2.24, 2.45) is 21.5 Å². The number of aliphatic imine (C=N–C) groups is 2. The highest BCUT2D eigenvalue weighted by molar-refractivity contribution is 6.34. The van der Waals surface area contributed by atoms with E-state index >= 15 is 0 Å². The monoisotopic (exact) mass is 514 g/mol. The summed E-state index contributed by atoms with van der Waals surface area (Å²) >= 11 is 11.4. The van der Waals surface area contributed by atoms with Gasteiger partial charge in [0.1, 0.15) is 17.2 Å². The highest BCUT2D eigenvalue weighted by Crippen LogP contribution is 2.41. The van der Waals surface area contributed by atoms with Gasteiger partial charge in [-0.15, -0.1) is 23.2 Å². The molecule has 0 saturated carbocycles. The number of imidazole rings is 1. The number of H-pyrrole nitrogens is 1. The molecule has 3 aromatic rings. The number of benzene rings is 2. The van der Waals surface area contributed by atoms with Crippen molar-refractivity contribution in [1.29, 1.82) is 0 Å². The van der Waals surface area contributed by atoms with Crippen LogP contribution >= 0.6 is 23.2 Å². The van der Waals surface area contributed by atoms with Gasteiger partial charge in [0.25, 0.3) is 0 Å². The quantitative estimate of drug-likeness (QED) is 0.0711. The molecule has 7 N–H and O–H groups in total. The predicted octanol–water partition coefficient (Wildman–Crippen LogP) is 2.35. The van der Waals surface area contributed by atoms with E-state index in [4.69, 9.17) is 34.7 Å². The van der Waals surface area contributed by atoms with Crippen LogP contribution in [0.5, 0.6) is 0 Å². The Hall–Kier alpha value is -3.63. The van der Waals surface area contributed by atoms with E-state index in [1.807, 2.05) is 0 Å². The number of aromatic amines is 1. The van der Waals surface area contributed by atoms with Crippen LogP contribution < -0.4 is 22.1 Å². The number of aromatic nitrogens is 2. The number of hydrogen-bond donors (Lipinski definition) is 5. The van der Waals surface area contributed by atoms with E-state index in [0.29, 0.717) is 71.4 Å². The molecule has 0 amide bonds. The Morgan fingerprint density at radius 2 is 1.40 bits per heavy atom. The lowest BCUT2D eigenvalue weighted by Crippen LogP contribution is -2.26. The van der Waals surface area contributed by atoms with Gasteiger partial charge >= 0.3 is 0 Å². The largest absolute Gasteiger partial charge is 0.386 e. The Balaban J connectivity index is 1.81. The summed E-state index contributed by atoms with van der Waals surface area (Å²) in [5.41, 5.74) is 14.6. The summed E-state index contributed by atoms with van der Waals surface area (Å²) in [6, 6.07) is 6.77. The molecule has 12 heteroatoms. The minimum Gasteiger partial charge on any atom is -0.386 e. The minimum atomic E-state index is -0.265. The van der Waals surface area contributed by atoms with Gasteiger partial charge in [-0.05, 0) is 0 Å². The maximum atomic E-state index is 13.7. The molecule has 10 nitrogen and oxygen atoms in total. The first kappa shape index (κ1) is 24.5. The second-order valence-electron chi connectivity index (χ2n) is 7.70. The van der Waals surface area contributed by atoms with E-state index in [1.54, 1.807) is 24.3 Å². The van der Waals surface area contributed by atoms with Crippen LogP contribution in [0.15, 0.2) is 40.6 Å². The number of nitrogens with two attached hydrogens (primary N) is 2. The summed E-state index contributed by atoms with van der Waals surface area (Å²) in [5.74, 6) is 0.371. The van der Waals surface area contributed by atoms with Crippen molar-refractivity contribution in [3.8, 4) is 0 Å². The summed E-state index contributed by atoms with van der Waals surface area (Å²) in [7, 11) is 0. The van der Waals surface area contributed by atoms with E-state index in [9.17, 15) is 9.59 Å². The molecule has 1 aliphatic rings. The highest BCUT2D eigenvalue weighted by atomic mass is 35.5. The average Bonchev–Trinajstić information content (AvgIpc) is 3.37.